The van der Waals surface area contributed by atoms with Crippen molar-refractivity contribution in [3.8, 4) is 0 Å². The van der Waals surface area contributed by atoms with Gasteiger partial charge in [0.05, 0.1) is 0 Å². The average Bonchev–Trinajstić information content (AvgIpc) is 2.77. The maximum atomic E-state index is 4.43. The van der Waals surface area contributed by atoms with E-state index in [1.165, 1.54) is 48.7 Å². The van der Waals surface area contributed by atoms with Gasteiger partial charge in [-0.05, 0) is 32.2 Å². The van der Waals surface area contributed by atoms with Crippen molar-refractivity contribution in [2.75, 3.05) is 13.1 Å². The Kier molecular flexibility index (Phi) is 2.72. The van der Waals surface area contributed by atoms with Crippen LogP contribution < -0.4 is 5.32 Å². The molecule has 1 N–H and O–H groups in total. The zero-order chi connectivity index (χ0) is 11.0. The van der Waals surface area contributed by atoms with Gasteiger partial charge in [-0.25, -0.2) is 0 Å². The molecule has 1 aromatic rings. The minimum absolute atomic E-state index is 0.359. The molecule has 0 bridgehead atoms. The fourth-order valence-electron chi connectivity index (χ4n) is 2.63. The molecule has 0 spiro atoms. The predicted molar refractivity (Wildman–Crippen MR) is 66.0 cm³/mol. The first kappa shape index (κ1) is 10.7. The van der Waals surface area contributed by atoms with Crippen molar-refractivity contribution in [1.82, 2.24) is 15.5 Å². The van der Waals surface area contributed by atoms with Crippen LogP contribution in [0.1, 0.15) is 55.0 Å². The molecule has 1 aliphatic carbocycles. The molecule has 2 heterocycles. The van der Waals surface area contributed by atoms with Gasteiger partial charge in [0.1, 0.15) is 10.0 Å². The highest BCUT2D eigenvalue weighted by atomic mass is 32.1. The summed E-state index contributed by atoms with van der Waals surface area (Å²) in [4.78, 5) is 0. The standard InChI is InChI=1S/C12H19N3S/c1-12(5-3-6-12)11-15-14-10(16-11)9-4-2-7-13-8-9/h9,13H,2-8H2,1H3. The van der Waals surface area contributed by atoms with Crippen molar-refractivity contribution >= 4 is 11.3 Å². The van der Waals surface area contributed by atoms with Gasteiger partial charge < -0.3 is 5.32 Å². The van der Waals surface area contributed by atoms with Crippen LogP contribution in [0.4, 0.5) is 0 Å². The Morgan fingerprint density at radius 1 is 1.31 bits per heavy atom. The van der Waals surface area contributed by atoms with Gasteiger partial charge in [-0.2, -0.15) is 0 Å². The Bertz CT molecular complexity index is 364. The van der Waals surface area contributed by atoms with Gasteiger partial charge in [0.15, 0.2) is 0 Å². The third-order valence-corrected chi connectivity index (χ3v) is 5.45. The lowest BCUT2D eigenvalue weighted by Crippen LogP contribution is -2.30. The van der Waals surface area contributed by atoms with Crippen molar-refractivity contribution < 1.29 is 0 Å². The number of nitrogens with zero attached hydrogens (tertiary/aromatic N) is 2. The Hall–Kier alpha value is -0.480. The molecule has 0 radical (unpaired) electrons. The van der Waals surface area contributed by atoms with E-state index in [2.05, 4.69) is 22.4 Å². The molecule has 2 aliphatic rings. The summed E-state index contributed by atoms with van der Waals surface area (Å²) in [6.45, 7) is 4.59. The third kappa shape index (κ3) is 1.78. The first-order valence-corrected chi connectivity index (χ1v) is 7.14. The van der Waals surface area contributed by atoms with E-state index in [0.717, 1.165) is 6.54 Å². The van der Waals surface area contributed by atoms with Crippen molar-refractivity contribution in [2.24, 2.45) is 0 Å². The summed E-state index contributed by atoms with van der Waals surface area (Å²) in [5.74, 6) is 0.615. The summed E-state index contributed by atoms with van der Waals surface area (Å²) in [6, 6.07) is 0. The van der Waals surface area contributed by atoms with E-state index < -0.39 is 0 Å². The molecule has 1 aliphatic heterocycles. The van der Waals surface area contributed by atoms with Crippen LogP contribution in [-0.4, -0.2) is 23.3 Å². The predicted octanol–water partition coefficient (Wildman–Crippen LogP) is 2.45. The van der Waals surface area contributed by atoms with Gasteiger partial charge in [0, 0.05) is 17.9 Å². The smallest absolute Gasteiger partial charge is 0.123 e. The van der Waals surface area contributed by atoms with Gasteiger partial charge in [-0.15, -0.1) is 21.5 Å². The van der Waals surface area contributed by atoms with Crippen LogP contribution in [0, 0.1) is 0 Å². The van der Waals surface area contributed by atoms with Crippen LogP contribution in [0.3, 0.4) is 0 Å². The molecule has 2 fully saturated rings. The molecule has 1 aromatic heterocycles. The number of piperidine rings is 1. The SMILES string of the molecule is CC1(c2nnc(C3CCCNC3)s2)CCC1. The normalized spacial score (nSPS) is 28.7. The lowest BCUT2D eigenvalue weighted by molar-refractivity contribution is 0.269. The first-order valence-electron chi connectivity index (χ1n) is 6.32. The maximum absolute atomic E-state index is 4.43. The summed E-state index contributed by atoms with van der Waals surface area (Å²) in [5, 5.41) is 14.8. The number of nitrogens with one attached hydrogen (secondary N) is 1. The molecule has 4 heteroatoms. The highest BCUT2D eigenvalue weighted by molar-refractivity contribution is 7.11. The third-order valence-electron chi connectivity index (χ3n) is 4.06. The number of aromatic nitrogens is 2. The maximum Gasteiger partial charge on any atom is 0.123 e. The molecule has 1 saturated heterocycles. The van der Waals surface area contributed by atoms with Crippen molar-refractivity contribution in [3.63, 3.8) is 0 Å². The van der Waals surface area contributed by atoms with Crippen molar-refractivity contribution in [3.05, 3.63) is 10.0 Å². The van der Waals surface area contributed by atoms with Gasteiger partial charge in [-0.3, -0.25) is 0 Å². The summed E-state index contributed by atoms with van der Waals surface area (Å²) in [7, 11) is 0. The number of hydrogen-bond acceptors (Lipinski definition) is 4. The Balaban J connectivity index is 1.76. The zero-order valence-electron chi connectivity index (χ0n) is 9.83. The fraction of sp³-hybridized carbons (Fsp3) is 0.833. The van der Waals surface area contributed by atoms with E-state index in [4.69, 9.17) is 0 Å². The molecule has 3 rings (SSSR count). The van der Waals surface area contributed by atoms with Crippen LogP contribution in [0.15, 0.2) is 0 Å². The minimum Gasteiger partial charge on any atom is -0.316 e. The summed E-state index contributed by atoms with van der Waals surface area (Å²) in [6.07, 6.45) is 6.50. The molecule has 0 amide bonds. The van der Waals surface area contributed by atoms with Crippen LogP contribution in [0.5, 0.6) is 0 Å². The zero-order valence-corrected chi connectivity index (χ0v) is 10.6. The van der Waals surface area contributed by atoms with Gasteiger partial charge in [0.25, 0.3) is 0 Å². The van der Waals surface area contributed by atoms with Gasteiger partial charge in [-0.1, -0.05) is 13.3 Å². The molecule has 88 valence electrons. The fourth-order valence-corrected chi connectivity index (χ4v) is 3.81. The lowest BCUT2D eigenvalue weighted by atomic mass is 9.71. The number of hydrogen-bond donors (Lipinski definition) is 1. The highest BCUT2D eigenvalue weighted by Gasteiger charge is 2.37. The summed E-state index contributed by atoms with van der Waals surface area (Å²) in [5.41, 5.74) is 0.359. The van der Waals surface area contributed by atoms with Crippen molar-refractivity contribution in [1.29, 1.82) is 0 Å². The van der Waals surface area contributed by atoms with E-state index in [9.17, 15) is 0 Å². The summed E-state index contributed by atoms with van der Waals surface area (Å²) >= 11 is 1.86. The average molecular weight is 237 g/mol. The second-order valence-electron chi connectivity index (χ2n) is 5.40. The van der Waals surface area contributed by atoms with Crippen LogP contribution in [-0.2, 0) is 5.41 Å². The Morgan fingerprint density at radius 3 is 2.81 bits per heavy atom. The van der Waals surface area contributed by atoms with E-state index in [0.29, 0.717) is 11.3 Å². The Labute approximate surface area is 101 Å². The molecule has 16 heavy (non-hydrogen) atoms. The minimum atomic E-state index is 0.359. The van der Waals surface area contributed by atoms with Crippen LogP contribution >= 0.6 is 11.3 Å². The lowest BCUT2D eigenvalue weighted by Gasteiger charge is -2.35. The van der Waals surface area contributed by atoms with Crippen LogP contribution in [0.25, 0.3) is 0 Å². The van der Waals surface area contributed by atoms with Gasteiger partial charge in [0.2, 0.25) is 0 Å². The molecule has 1 saturated carbocycles. The van der Waals surface area contributed by atoms with Gasteiger partial charge >= 0.3 is 0 Å². The number of rotatable bonds is 2. The second-order valence-corrected chi connectivity index (χ2v) is 6.41. The van der Waals surface area contributed by atoms with E-state index in [-0.39, 0.29) is 0 Å². The van der Waals surface area contributed by atoms with E-state index in [1.54, 1.807) is 0 Å². The molecular formula is C12H19N3S. The molecular weight excluding hydrogens is 218 g/mol. The molecule has 3 nitrogen and oxygen atoms in total. The second kappa shape index (κ2) is 4.08. The first-order chi connectivity index (χ1) is 7.78. The topological polar surface area (TPSA) is 37.8 Å². The quantitative estimate of drug-likeness (QED) is 0.858. The molecule has 0 aromatic carbocycles. The summed E-state index contributed by atoms with van der Waals surface area (Å²) < 4.78 is 0. The Morgan fingerprint density at radius 2 is 2.19 bits per heavy atom. The van der Waals surface area contributed by atoms with Crippen LogP contribution in [0.2, 0.25) is 0 Å². The van der Waals surface area contributed by atoms with E-state index in [1.807, 2.05) is 11.3 Å². The largest absolute Gasteiger partial charge is 0.316 e. The van der Waals surface area contributed by atoms with E-state index >= 15 is 0 Å². The monoisotopic (exact) mass is 237 g/mol. The van der Waals surface area contributed by atoms with Crippen molar-refractivity contribution in [2.45, 2.75) is 50.4 Å². The molecule has 1 unspecified atom stereocenters. The molecule has 1 atom stereocenters. The highest BCUT2D eigenvalue weighted by Crippen LogP contribution is 2.45.